The van der Waals surface area contributed by atoms with Crippen LogP contribution < -0.4 is 14.6 Å². The lowest BCUT2D eigenvalue weighted by atomic mass is 10.1. The zero-order valence-electron chi connectivity index (χ0n) is 18.3. The van der Waals surface area contributed by atoms with Gasteiger partial charge in [-0.2, -0.15) is 13.6 Å². The fourth-order valence-corrected chi connectivity index (χ4v) is 4.21. The van der Waals surface area contributed by atoms with E-state index in [0.29, 0.717) is 18.8 Å². The SMILES string of the molecule is CCCCCCCCCCN1CCN(C(=O)Nc2ccc(OS(N)(=O)=O)cc2Cl)CC1. The molecule has 0 bridgehead atoms. The normalized spacial score (nSPS) is 15.1. The van der Waals surface area contributed by atoms with Gasteiger partial charge in [0.2, 0.25) is 0 Å². The molecule has 2 amide bonds. The Kier molecular flexibility index (Phi) is 10.9. The number of rotatable bonds is 12. The fraction of sp³-hybridized carbons (Fsp3) is 0.667. The summed E-state index contributed by atoms with van der Waals surface area (Å²) in [6, 6.07) is 3.93. The van der Waals surface area contributed by atoms with E-state index in [4.69, 9.17) is 16.7 Å². The highest BCUT2D eigenvalue weighted by Crippen LogP contribution is 2.27. The lowest BCUT2D eigenvalue weighted by Gasteiger charge is -2.34. The van der Waals surface area contributed by atoms with Gasteiger partial charge in [-0.3, -0.25) is 4.90 Å². The largest absolute Gasteiger partial charge is 0.380 e. The number of hydrogen-bond donors (Lipinski definition) is 2. The van der Waals surface area contributed by atoms with Crippen molar-refractivity contribution >= 4 is 33.6 Å². The molecule has 1 aliphatic rings. The maximum Gasteiger partial charge on any atom is 0.380 e. The zero-order valence-corrected chi connectivity index (χ0v) is 19.9. The van der Waals surface area contributed by atoms with E-state index >= 15 is 0 Å². The van der Waals surface area contributed by atoms with Gasteiger partial charge in [0.25, 0.3) is 0 Å². The lowest BCUT2D eigenvalue weighted by molar-refractivity contribution is 0.145. The van der Waals surface area contributed by atoms with Crippen LogP contribution in [0.15, 0.2) is 18.2 Å². The molecule has 0 radical (unpaired) electrons. The van der Waals surface area contributed by atoms with Crippen LogP contribution in [-0.2, 0) is 10.3 Å². The van der Waals surface area contributed by atoms with Gasteiger partial charge in [0, 0.05) is 32.2 Å². The highest BCUT2D eigenvalue weighted by atomic mass is 35.5. The first-order valence-electron chi connectivity index (χ1n) is 11.1. The highest BCUT2D eigenvalue weighted by Gasteiger charge is 2.21. The van der Waals surface area contributed by atoms with Crippen LogP contribution in [0, 0.1) is 0 Å². The van der Waals surface area contributed by atoms with Crippen molar-refractivity contribution in [2.24, 2.45) is 5.14 Å². The van der Waals surface area contributed by atoms with E-state index in [9.17, 15) is 13.2 Å². The van der Waals surface area contributed by atoms with E-state index in [2.05, 4.69) is 21.3 Å². The molecule has 1 aromatic carbocycles. The Bertz CT molecular complexity index is 799. The van der Waals surface area contributed by atoms with Gasteiger partial charge in [-0.05, 0) is 25.1 Å². The average Bonchev–Trinajstić information content (AvgIpc) is 2.71. The van der Waals surface area contributed by atoms with Crippen LogP contribution in [0.1, 0.15) is 58.3 Å². The molecule has 1 aliphatic heterocycles. The van der Waals surface area contributed by atoms with Gasteiger partial charge in [0.1, 0.15) is 5.75 Å². The molecule has 0 atom stereocenters. The van der Waals surface area contributed by atoms with Gasteiger partial charge in [-0.15, -0.1) is 0 Å². The van der Waals surface area contributed by atoms with Crippen molar-refractivity contribution in [3.63, 3.8) is 0 Å². The number of unbranched alkanes of at least 4 members (excludes halogenated alkanes) is 7. The quantitative estimate of drug-likeness (QED) is 0.441. The smallest absolute Gasteiger partial charge is 0.371 e. The summed E-state index contributed by atoms with van der Waals surface area (Å²) in [6.07, 6.45) is 10.5. The van der Waals surface area contributed by atoms with Gasteiger partial charge in [-0.25, -0.2) is 4.79 Å². The van der Waals surface area contributed by atoms with Crippen LogP contribution in [0.4, 0.5) is 10.5 Å². The van der Waals surface area contributed by atoms with Gasteiger partial charge in [0.15, 0.2) is 0 Å². The van der Waals surface area contributed by atoms with E-state index in [1.54, 1.807) is 4.90 Å². The first-order chi connectivity index (χ1) is 14.8. The molecule has 1 heterocycles. The molecule has 2 rings (SSSR count). The number of nitrogens with two attached hydrogens (primary N) is 1. The molecule has 0 unspecified atom stereocenters. The number of benzene rings is 1. The Hall–Kier alpha value is -1.55. The average molecular weight is 475 g/mol. The number of nitrogens with zero attached hydrogens (tertiary/aromatic N) is 2. The number of nitrogens with one attached hydrogen (secondary N) is 1. The van der Waals surface area contributed by atoms with Crippen LogP contribution in [0.5, 0.6) is 5.75 Å². The summed E-state index contributed by atoms with van der Waals surface area (Å²) in [5.41, 5.74) is 0.384. The Morgan fingerprint density at radius 3 is 2.26 bits per heavy atom. The minimum atomic E-state index is -4.13. The van der Waals surface area contributed by atoms with Crippen LogP contribution >= 0.6 is 11.6 Å². The number of hydrogen-bond acceptors (Lipinski definition) is 5. The van der Waals surface area contributed by atoms with Crippen LogP contribution in [0.3, 0.4) is 0 Å². The summed E-state index contributed by atoms with van der Waals surface area (Å²) >= 11 is 6.13. The molecule has 176 valence electrons. The molecule has 8 nitrogen and oxygen atoms in total. The Labute approximate surface area is 191 Å². The minimum absolute atomic E-state index is 0.0138. The van der Waals surface area contributed by atoms with E-state index < -0.39 is 10.3 Å². The second-order valence-corrected chi connectivity index (χ2v) is 9.51. The zero-order chi connectivity index (χ0) is 22.7. The number of amides is 2. The molecule has 3 N–H and O–H groups in total. The molecular weight excluding hydrogens is 440 g/mol. The van der Waals surface area contributed by atoms with E-state index in [1.807, 2.05) is 0 Å². The first kappa shape index (κ1) is 25.7. The minimum Gasteiger partial charge on any atom is -0.371 e. The Balaban J connectivity index is 1.67. The van der Waals surface area contributed by atoms with Gasteiger partial charge in [-0.1, -0.05) is 63.5 Å². The maximum atomic E-state index is 12.5. The van der Waals surface area contributed by atoms with E-state index in [-0.39, 0.29) is 16.8 Å². The third kappa shape index (κ3) is 10.1. The third-order valence-corrected chi connectivity index (χ3v) is 6.12. The van der Waals surface area contributed by atoms with Gasteiger partial charge < -0.3 is 14.4 Å². The predicted molar refractivity (Wildman–Crippen MR) is 125 cm³/mol. The van der Waals surface area contributed by atoms with Crippen molar-refractivity contribution in [1.29, 1.82) is 0 Å². The second-order valence-electron chi connectivity index (χ2n) is 7.95. The maximum absolute atomic E-state index is 12.5. The van der Waals surface area contributed by atoms with Gasteiger partial charge >= 0.3 is 16.3 Å². The number of anilines is 1. The Morgan fingerprint density at radius 2 is 1.68 bits per heavy atom. The summed E-state index contributed by atoms with van der Waals surface area (Å²) in [4.78, 5) is 16.7. The molecular formula is C21H35ClN4O4S. The molecule has 0 spiro atoms. The molecule has 31 heavy (non-hydrogen) atoms. The van der Waals surface area contributed by atoms with E-state index in [0.717, 1.165) is 19.6 Å². The van der Waals surface area contributed by atoms with Crippen molar-refractivity contribution in [3.8, 4) is 5.75 Å². The van der Waals surface area contributed by atoms with Crippen molar-refractivity contribution in [2.75, 3.05) is 38.0 Å². The standard InChI is InChI=1S/C21H35ClN4O4S/c1-2-3-4-5-6-7-8-9-12-25-13-15-26(16-14-25)21(27)24-20-11-10-18(17-19(20)22)30-31(23,28)29/h10-11,17H,2-9,12-16H2,1H3,(H,24,27)(H2,23,28,29). The monoisotopic (exact) mass is 474 g/mol. The number of carbonyl (C=O) groups excluding carboxylic acids is 1. The lowest BCUT2D eigenvalue weighted by Crippen LogP contribution is -2.50. The van der Waals surface area contributed by atoms with Crippen molar-refractivity contribution in [2.45, 2.75) is 58.3 Å². The number of piperazine rings is 1. The summed E-state index contributed by atoms with van der Waals surface area (Å²) in [5, 5.41) is 7.77. The van der Waals surface area contributed by atoms with Crippen molar-refractivity contribution in [1.82, 2.24) is 9.80 Å². The van der Waals surface area contributed by atoms with Crippen LogP contribution in [0.25, 0.3) is 0 Å². The summed E-state index contributed by atoms with van der Waals surface area (Å²) in [5.74, 6) is -0.0138. The predicted octanol–water partition coefficient (Wildman–Crippen LogP) is 4.21. The van der Waals surface area contributed by atoms with Crippen LogP contribution in [-0.4, -0.2) is 57.0 Å². The molecule has 1 fully saturated rings. The second kappa shape index (κ2) is 13.1. The molecule has 10 heteroatoms. The van der Waals surface area contributed by atoms with Crippen LogP contribution in [0.2, 0.25) is 5.02 Å². The topological polar surface area (TPSA) is 105 Å². The molecule has 1 saturated heterocycles. The Morgan fingerprint density at radius 1 is 1.06 bits per heavy atom. The van der Waals surface area contributed by atoms with E-state index in [1.165, 1.54) is 69.6 Å². The molecule has 0 aromatic heterocycles. The number of carbonyl (C=O) groups is 1. The molecule has 1 aromatic rings. The highest BCUT2D eigenvalue weighted by molar-refractivity contribution is 7.84. The van der Waals surface area contributed by atoms with Crippen molar-refractivity contribution in [3.05, 3.63) is 23.2 Å². The third-order valence-electron chi connectivity index (χ3n) is 5.38. The number of urea groups is 1. The fourth-order valence-electron chi connectivity index (χ4n) is 3.62. The van der Waals surface area contributed by atoms with Gasteiger partial charge in [0.05, 0.1) is 10.7 Å². The first-order valence-corrected chi connectivity index (χ1v) is 12.9. The summed E-state index contributed by atoms with van der Waals surface area (Å²) in [7, 11) is -4.13. The molecule has 0 saturated carbocycles. The van der Waals surface area contributed by atoms with Crippen molar-refractivity contribution < 1.29 is 17.4 Å². The number of halogens is 1. The molecule has 0 aliphatic carbocycles. The summed E-state index contributed by atoms with van der Waals surface area (Å²) < 4.78 is 26.5. The summed E-state index contributed by atoms with van der Waals surface area (Å²) in [6.45, 7) is 6.37.